The molecule has 0 radical (unpaired) electrons. The SMILES string of the molecule is CC/C=C(C)\C=C/CCCN. The van der Waals surface area contributed by atoms with Crippen LogP contribution in [-0.4, -0.2) is 6.54 Å². The number of hydrogen-bond acceptors (Lipinski definition) is 1. The van der Waals surface area contributed by atoms with Crippen LogP contribution in [0.3, 0.4) is 0 Å². The summed E-state index contributed by atoms with van der Waals surface area (Å²) >= 11 is 0. The largest absolute Gasteiger partial charge is 0.330 e. The predicted molar refractivity (Wildman–Crippen MR) is 51.5 cm³/mol. The molecular formula is C10H19N. The highest BCUT2D eigenvalue weighted by atomic mass is 14.5. The minimum atomic E-state index is 0.793. The Morgan fingerprint density at radius 2 is 2.18 bits per heavy atom. The summed E-state index contributed by atoms with van der Waals surface area (Å²) in [7, 11) is 0. The molecule has 1 nitrogen and oxygen atoms in total. The molecule has 0 aromatic carbocycles. The van der Waals surface area contributed by atoms with Gasteiger partial charge in [-0.1, -0.05) is 30.7 Å². The molecule has 0 aliphatic heterocycles. The summed E-state index contributed by atoms with van der Waals surface area (Å²) in [6.45, 7) is 5.07. The normalized spacial score (nSPS) is 12.8. The highest BCUT2D eigenvalue weighted by molar-refractivity contribution is 5.15. The maximum Gasteiger partial charge on any atom is -0.00743 e. The highest BCUT2D eigenvalue weighted by Gasteiger charge is 1.80. The van der Waals surface area contributed by atoms with E-state index in [1.54, 1.807) is 0 Å². The topological polar surface area (TPSA) is 26.0 Å². The third-order valence-electron chi connectivity index (χ3n) is 1.48. The van der Waals surface area contributed by atoms with Gasteiger partial charge in [0.1, 0.15) is 0 Å². The Morgan fingerprint density at radius 3 is 2.73 bits per heavy atom. The molecule has 2 N–H and O–H groups in total. The van der Waals surface area contributed by atoms with Gasteiger partial charge in [-0.2, -0.15) is 0 Å². The summed E-state index contributed by atoms with van der Waals surface area (Å²) in [5.74, 6) is 0. The van der Waals surface area contributed by atoms with Gasteiger partial charge in [0.05, 0.1) is 0 Å². The van der Waals surface area contributed by atoms with Crippen molar-refractivity contribution in [3.05, 3.63) is 23.8 Å². The monoisotopic (exact) mass is 153 g/mol. The van der Waals surface area contributed by atoms with Gasteiger partial charge < -0.3 is 5.73 Å². The first-order valence-corrected chi connectivity index (χ1v) is 4.34. The fourth-order valence-electron chi connectivity index (χ4n) is 0.895. The van der Waals surface area contributed by atoms with Crippen molar-refractivity contribution in [3.63, 3.8) is 0 Å². The zero-order valence-corrected chi connectivity index (χ0v) is 7.64. The van der Waals surface area contributed by atoms with Gasteiger partial charge in [0.25, 0.3) is 0 Å². The molecule has 0 aliphatic carbocycles. The van der Waals surface area contributed by atoms with Gasteiger partial charge >= 0.3 is 0 Å². The van der Waals surface area contributed by atoms with E-state index >= 15 is 0 Å². The van der Waals surface area contributed by atoms with Crippen LogP contribution in [0, 0.1) is 0 Å². The molecule has 0 fully saturated rings. The van der Waals surface area contributed by atoms with Gasteiger partial charge in [0, 0.05) is 0 Å². The van der Waals surface area contributed by atoms with Gasteiger partial charge in [-0.3, -0.25) is 0 Å². The molecule has 0 saturated carbocycles. The predicted octanol–water partition coefficient (Wildman–Crippen LogP) is 2.64. The van der Waals surface area contributed by atoms with E-state index < -0.39 is 0 Å². The van der Waals surface area contributed by atoms with Crippen molar-refractivity contribution >= 4 is 0 Å². The lowest BCUT2D eigenvalue weighted by molar-refractivity contribution is 0.854. The van der Waals surface area contributed by atoms with Crippen molar-refractivity contribution in [3.8, 4) is 0 Å². The van der Waals surface area contributed by atoms with E-state index in [1.807, 2.05) is 0 Å². The second kappa shape index (κ2) is 7.55. The third-order valence-corrected chi connectivity index (χ3v) is 1.48. The Bertz CT molecular complexity index is 134. The highest BCUT2D eigenvalue weighted by Crippen LogP contribution is 1.98. The first kappa shape index (κ1) is 10.4. The van der Waals surface area contributed by atoms with Crippen LogP contribution in [0.1, 0.15) is 33.1 Å². The summed E-state index contributed by atoms with van der Waals surface area (Å²) in [4.78, 5) is 0. The Balaban J connectivity index is 3.48. The van der Waals surface area contributed by atoms with E-state index in [4.69, 9.17) is 5.73 Å². The lowest BCUT2D eigenvalue weighted by Crippen LogP contribution is -1.96. The van der Waals surface area contributed by atoms with E-state index in [0.29, 0.717) is 0 Å². The molecule has 0 atom stereocenters. The molecular weight excluding hydrogens is 134 g/mol. The van der Waals surface area contributed by atoms with E-state index in [1.165, 1.54) is 5.57 Å². The summed E-state index contributed by atoms with van der Waals surface area (Å²) in [6.07, 6.45) is 9.89. The van der Waals surface area contributed by atoms with Gasteiger partial charge in [-0.05, 0) is 32.7 Å². The van der Waals surface area contributed by atoms with E-state index in [0.717, 1.165) is 25.8 Å². The molecule has 0 spiro atoms. The molecule has 0 aromatic heterocycles. The lowest BCUT2D eigenvalue weighted by Gasteiger charge is -1.90. The molecule has 1 heteroatoms. The second-order valence-corrected chi connectivity index (χ2v) is 2.69. The number of rotatable bonds is 5. The van der Waals surface area contributed by atoms with Crippen LogP contribution in [0.5, 0.6) is 0 Å². The molecule has 64 valence electrons. The maximum absolute atomic E-state index is 5.36. The maximum atomic E-state index is 5.36. The minimum absolute atomic E-state index is 0.793. The minimum Gasteiger partial charge on any atom is -0.330 e. The van der Waals surface area contributed by atoms with Crippen LogP contribution in [0.15, 0.2) is 23.8 Å². The van der Waals surface area contributed by atoms with Crippen molar-refractivity contribution in [2.45, 2.75) is 33.1 Å². The number of hydrogen-bond donors (Lipinski definition) is 1. The van der Waals surface area contributed by atoms with Crippen molar-refractivity contribution in [2.24, 2.45) is 5.73 Å². The quantitative estimate of drug-likeness (QED) is 0.477. The summed E-state index contributed by atoms with van der Waals surface area (Å²) in [6, 6.07) is 0. The fraction of sp³-hybridized carbons (Fsp3) is 0.600. The van der Waals surface area contributed by atoms with Gasteiger partial charge in [0.15, 0.2) is 0 Å². The molecule has 0 saturated heterocycles. The van der Waals surface area contributed by atoms with Crippen molar-refractivity contribution in [1.29, 1.82) is 0 Å². The van der Waals surface area contributed by atoms with Gasteiger partial charge in [-0.25, -0.2) is 0 Å². The average Bonchev–Trinajstić information content (AvgIpc) is 1.99. The van der Waals surface area contributed by atoms with E-state index in [-0.39, 0.29) is 0 Å². The molecule has 11 heavy (non-hydrogen) atoms. The number of nitrogens with two attached hydrogens (primary N) is 1. The van der Waals surface area contributed by atoms with Crippen LogP contribution < -0.4 is 5.73 Å². The molecule has 0 rings (SSSR count). The average molecular weight is 153 g/mol. The zero-order chi connectivity index (χ0) is 8.53. The second-order valence-electron chi connectivity index (χ2n) is 2.69. The van der Waals surface area contributed by atoms with Crippen LogP contribution in [0.2, 0.25) is 0 Å². The molecule has 0 aliphatic rings. The van der Waals surface area contributed by atoms with Crippen molar-refractivity contribution in [1.82, 2.24) is 0 Å². The molecule has 0 bridgehead atoms. The van der Waals surface area contributed by atoms with Crippen LogP contribution in [-0.2, 0) is 0 Å². The Kier molecular flexibility index (Phi) is 7.16. The van der Waals surface area contributed by atoms with Gasteiger partial charge in [0.2, 0.25) is 0 Å². The first-order valence-electron chi connectivity index (χ1n) is 4.34. The third kappa shape index (κ3) is 7.34. The molecule has 0 aromatic rings. The van der Waals surface area contributed by atoms with Crippen molar-refractivity contribution < 1.29 is 0 Å². The standard InChI is InChI=1S/C10H19N/c1-3-7-10(2)8-5-4-6-9-11/h5,7-8H,3-4,6,9,11H2,1-2H3/b8-5-,10-7-. The smallest absolute Gasteiger partial charge is 0.00743 e. The summed E-state index contributed by atoms with van der Waals surface area (Å²) in [5.41, 5.74) is 6.71. The van der Waals surface area contributed by atoms with Crippen molar-refractivity contribution in [2.75, 3.05) is 6.54 Å². The molecule has 0 heterocycles. The Morgan fingerprint density at radius 1 is 1.45 bits per heavy atom. The first-order chi connectivity index (χ1) is 5.31. The fourth-order valence-corrected chi connectivity index (χ4v) is 0.895. The van der Waals surface area contributed by atoms with E-state index in [2.05, 4.69) is 32.1 Å². The zero-order valence-electron chi connectivity index (χ0n) is 7.64. The van der Waals surface area contributed by atoms with Crippen LogP contribution in [0.4, 0.5) is 0 Å². The van der Waals surface area contributed by atoms with Crippen LogP contribution in [0.25, 0.3) is 0 Å². The summed E-state index contributed by atoms with van der Waals surface area (Å²) < 4.78 is 0. The number of allylic oxidation sites excluding steroid dienone is 4. The Labute approximate surface area is 70.0 Å². The van der Waals surface area contributed by atoms with E-state index in [9.17, 15) is 0 Å². The lowest BCUT2D eigenvalue weighted by atomic mass is 10.2. The molecule has 0 amide bonds. The molecule has 0 unspecified atom stereocenters. The van der Waals surface area contributed by atoms with Gasteiger partial charge in [-0.15, -0.1) is 0 Å². The number of unbranched alkanes of at least 4 members (excludes halogenated alkanes) is 1. The van der Waals surface area contributed by atoms with Crippen LogP contribution >= 0.6 is 0 Å². The Hall–Kier alpha value is -0.560. The summed E-state index contributed by atoms with van der Waals surface area (Å²) in [5, 5.41) is 0.